The third-order valence-corrected chi connectivity index (χ3v) is 4.37. The summed E-state index contributed by atoms with van der Waals surface area (Å²) in [5.74, 6) is 1.26. The largest absolute Gasteiger partial charge is 0.496 e. The average molecular weight is 382 g/mol. The molecule has 0 atom stereocenters. The van der Waals surface area contributed by atoms with Gasteiger partial charge in [0.1, 0.15) is 18.1 Å². The van der Waals surface area contributed by atoms with E-state index in [2.05, 4.69) is 5.32 Å². The van der Waals surface area contributed by atoms with Crippen LogP contribution in [0.15, 0.2) is 66.7 Å². The van der Waals surface area contributed by atoms with E-state index in [0.717, 1.165) is 16.9 Å². The van der Waals surface area contributed by atoms with Crippen molar-refractivity contribution in [3.63, 3.8) is 0 Å². The lowest BCUT2D eigenvalue weighted by Crippen LogP contribution is -2.12. The van der Waals surface area contributed by atoms with Crippen LogP contribution in [0.1, 0.15) is 21.5 Å². The molecule has 4 nitrogen and oxygen atoms in total. The molecule has 0 heterocycles. The maximum absolute atomic E-state index is 12.6. The van der Waals surface area contributed by atoms with Gasteiger partial charge in [0.05, 0.1) is 7.11 Å². The summed E-state index contributed by atoms with van der Waals surface area (Å²) in [4.78, 5) is 12.6. The molecule has 5 heteroatoms. The van der Waals surface area contributed by atoms with Gasteiger partial charge < -0.3 is 14.8 Å². The maximum atomic E-state index is 12.6. The highest BCUT2D eigenvalue weighted by molar-refractivity contribution is 6.30. The van der Waals surface area contributed by atoms with E-state index in [9.17, 15) is 4.79 Å². The first-order chi connectivity index (χ1) is 13.1. The Hall–Kier alpha value is -2.98. The number of carbonyl (C=O) groups is 1. The van der Waals surface area contributed by atoms with Crippen LogP contribution in [-0.4, -0.2) is 13.0 Å². The van der Waals surface area contributed by atoms with Crippen LogP contribution in [-0.2, 0) is 6.61 Å². The minimum Gasteiger partial charge on any atom is -0.496 e. The van der Waals surface area contributed by atoms with Crippen molar-refractivity contribution in [3.8, 4) is 11.5 Å². The van der Waals surface area contributed by atoms with Gasteiger partial charge in [0.25, 0.3) is 5.91 Å². The molecular formula is C22H20ClNO3. The van der Waals surface area contributed by atoms with Crippen LogP contribution in [0.2, 0.25) is 5.02 Å². The Labute approximate surface area is 163 Å². The van der Waals surface area contributed by atoms with Gasteiger partial charge in [0.2, 0.25) is 0 Å². The van der Waals surface area contributed by atoms with Crippen molar-refractivity contribution in [2.75, 3.05) is 12.4 Å². The predicted octanol–water partition coefficient (Wildman–Crippen LogP) is 5.49. The number of hydrogen-bond donors (Lipinski definition) is 1. The van der Waals surface area contributed by atoms with Crippen LogP contribution < -0.4 is 14.8 Å². The summed E-state index contributed by atoms with van der Waals surface area (Å²) in [6, 6.07) is 20.0. The molecule has 27 heavy (non-hydrogen) atoms. The van der Waals surface area contributed by atoms with Crippen molar-refractivity contribution in [2.45, 2.75) is 13.5 Å². The SMILES string of the molecule is COc1ccc(C(=O)Nc2ccc(Cl)cc2)cc1COc1ccccc1C. The van der Waals surface area contributed by atoms with Crippen LogP contribution in [0.4, 0.5) is 5.69 Å². The summed E-state index contributed by atoms with van der Waals surface area (Å²) in [5.41, 5.74) is 3.05. The number of ether oxygens (including phenoxy) is 2. The third kappa shape index (κ3) is 4.80. The molecule has 0 aliphatic rings. The zero-order valence-electron chi connectivity index (χ0n) is 15.2. The number of methoxy groups -OCH3 is 1. The van der Waals surface area contributed by atoms with Gasteiger partial charge in [-0.3, -0.25) is 4.79 Å². The molecule has 0 aliphatic carbocycles. The lowest BCUT2D eigenvalue weighted by molar-refractivity contribution is 0.102. The van der Waals surface area contributed by atoms with E-state index < -0.39 is 0 Å². The Kier molecular flexibility index (Phi) is 5.99. The monoisotopic (exact) mass is 381 g/mol. The number of nitrogens with one attached hydrogen (secondary N) is 1. The fraction of sp³-hybridized carbons (Fsp3) is 0.136. The fourth-order valence-corrected chi connectivity index (χ4v) is 2.77. The van der Waals surface area contributed by atoms with E-state index in [0.29, 0.717) is 28.6 Å². The molecule has 0 saturated carbocycles. The van der Waals surface area contributed by atoms with Gasteiger partial charge in [-0.1, -0.05) is 29.8 Å². The van der Waals surface area contributed by atoms with Gasteiger partial charge in [0.15, 0.2) is 0 Å². The molecule has 1 amide bonds. The Morgan fingerprint density at radius 3 is 2.44 bits per heavy atom. The fourth-order valence-electron chi connectivity index (χ4n) is 2.64. The minimum absolute atomic E-state index is 0.211. The van der Waals surface area contributed by atoms with Crippen molar-refractivity contribution in [3.05, 3.63) is 88.4 Å². The van der Waals surface area contributed by atoms with Gasteiger partial charge in [0, 0.05) is 21.8 Å². The number of aryl methyl sites for hydroxylation is 1. The summed E-state index contributed by atoms with van der Waals surface area (Å²) in [7, 11) is 1.60. The second-order valence-electron chi connectivity index (χ2n) is 6.04. The quantitative estimate of drug-likeness (QED) is 0.614. The van der Waals surface area contributed by atoms with Crippen molar-refractivity contribution in [2.24, 2.45) is 0 Å². The van der Waals surface area contributed by atoms with E-state index in [1.54, 1.807) is 49.6 Å². The first-order valence-corrected chi connectivity index (χ1v) is 8.87. The summed E-state index contributed by atoms with van der Waals surface area (Å²) in [5, 5.41) is 3.47. The van der Waals surface area contributed by atoms with E-state index in [1.165, 1.54) is 0 Å². The highest BCUT2D eigenvalue weighted by Crippen LogP contribution is 2.24. The van der Waals surface area contributed by atoms with Crippen molar-refractivity contribution < 1.29 is 14.3 Å². The first-order valence-electron chi connectivity index (χ1n) is 8.49. The Morgan fingerprint density at radius 2 is 1.74 bits per heavy atom. The number of rotatable bonds is 6. The maximum Gasteiger partial charge on any atom is 0.255 e. The normalized spacial score (nSPS) is 10.3. The molecule has 138 valence electrons. The van der Waals surface area contributed by atoms with Gasteiger partial charge in [-0.25, -0.2) is 0 Å². The van der Waals surface area contributed by atoms with Crippen LogP contribution in [0.3, 0.4) is 0 Å². The molecule has 3 aromatic carbocycles. The van der Waals surface area contributed by atoms with Crippen LogP contribution in [0, 0.1) is 6.92 Å². The molecule has 1 N–H and O–H groups in total. The smallest absolute Gasteiger partial charge is 0.255 e. The lowest BCUT2D eigenvalue weighted by Gasteiger charge is -2.13. The minimum atomic E-state index is -0.211. The van der Waals surface area contributed by atoms with Crippen molar-refractivity contribution in [1.82, 2.24) is 0 Å². The third-order valence-electron chi connectivity index (χ3n) is 4.12. The van der Waals surface area contributed by atoms with Gasteiger partial charge in [-0.05, 0) is 61.0 Å². The molecule has 0 saturated heterocycles. The second-order valence-corrected chi connectivity index (χ2v) is 6.48. The second kappa shape index (κ2) is 8.60. The number of hydrogen-bond acceptors (Lipinski definition) is 3. The number of carbonyl (C=O) groups excluding carboxylic acids is 1. The standard InChI is InChI=1S/C22H20ClNO3/c1-15-5-3-4-6-20(15)27-14-17-13-16(7-12-21(17)26-2)22(25)24-19-10-8-18(23)9-11-19/h3-13H,14H2,1-2H3,(H,24,25). The molecule has 0 radical (unpaired) electrons. The number of benzene rings is 3. The number of para-hydroxylation sites is 1. The first kappa shape index (κ1) is 18.8. The van der Waals surface area contributed by atoms with Crippen molar-refractivity contribution in [1.29, 1.82) is 0 Å². The summed E-state index contributed by atoms with van der Waals surface area (Å²) >= 11 is 5.88. The Balaban J connectivity index is 1.77. The van der Waals surface area contributed by atoms with Crippen LogP contribution in [0.25, 0.3) is 0 Å². The summed E-state index contributed by atoms with van der Waals surface area (Å²) in [6.07, 6.45) is 0. The van der Waals surface area contributed by atoms with Gasteiger partial charge in [-0.2, -0.15) is 0 Å². The molecule has 0 aliphatic heterocycles. The number of anilines is 1. The lowest BCUT2D eigenvalue weighted by atomic mass is 10.1. The predicted molar refractivity (Wildman–Crippen MR) is 108 cm³/mol. The number of halogens is 1. The Bertz CT molecular complexity index is 939. The van der Waals surface area contributed by atoms with Gasteiger partial charge >= 0.3 is 0 Å². The molecular weight excluding hydrogens is 362 g/mol. The molecule has 0 fully saturated rings. The topological polar surface area (TPSA) is 47.6 Å². The summed E-state index contributed by atoms with van der Waals surface area (Å²) in [6.45, 7) is 2.29. The summed E-state index contributed by atoms with van der Waals surface area (Å²) < 4.78 is 11.3. The van der Waals surface area contributed by atoms with Crippen molar-refractivity contribution >= 4 is 23.2 Å². The molecule has 0 unspecified atom stereocenters. The number of amides is 1. The van der Waals surface area contributed by atoms with Crippen LogP contribution in [0.5, 0.6) is 11.5 Å². The molecule has 3 aromatic rings. The zero-order chi connectivity index (χ0) is 19.2. The highest BCUT2D eigenvalue weighted by Gasteiger charge is 2.12. The Morgan fingerprint density at radius 1 is 1.00 bits per heavy atom. The van der Waals surface area contributed by atoms with E-state index in [4.69, 9.17) is 21.1 Å². The van der Waals surface area contributed by atoms with Gasteiger partial charge in [-0.15, -0.1) is 0 Å². The van der Waals surface area contributed by atoms with E-state index in [-0.39, 0.29) is 5.91 Å². The molecule has 0 bridgehead atoms. The molecule has 0 spiro atoms. The molecule has 3 rings (SSSR count). The molecule has 0 aromatic heterocycles. The average Bonchev–Trinajstić information content (AvgIpc) is 2.69. The van der Waals surface area contributed by atoms with Crippen LogP contribution >= 0.6 is 11.6 Å². The van der Waals surface area contributed by atoms with E-state index in [1.807, 2.05) is 31.2 Å². The highest BCUT2D eigenvalue weighted by atomic mass is 35.5. The van der Waals surface area contributed by atoms with E-state index >= 15 is 0 Å². The zero-order valence-corrected chi connectivity index (χ0v) is 15.9.